The molecule has 100 valence electrons. The van der Waals surface area contributed by atoms with Crippen LogP contribution in [0.3, 0.4) is 0 Å². The van der Waals surface area contributed by atoms with Crippen molar-refractivity contribution in [3.63, 3.8) is 0 Å². The van der Waals surface area contributed by atoms with Gasteiger partial charge in [0.25, 0.3) is 5.56 Å². The zero-order chi connectivity index (χ0) is 13.8. The van der Waals surface area contributed by atoms with Crippen molar-refractivity contribution in [2.75, 3.05) is 18.1 Å². The number of nitrogens with one attached hydrogen (secondary N) is 2. The standard InChI is InChI=1S/C14H18N4O/c1-3-5-12-13(16-2)8-10(17-12)9-18-7-4-6-11(15)14(18)19/h3-8,16-17H,9,15H2,1-2H3/b5-3-. The van der Waals surface area contributed by atoms with Crippen LogP contribution in [0.15, 0.2) is 35.3 Å². The second-order valence-corrected chi connectivity index (χ2v) is 4.27. The Balaban J connectivity index is 2.33. The fourth-order valence-electron chi connectivity index (χ4n) is 1.98. The van der Waals surface area contributed by atoms with Gasteiger partial charge in [0.1, 0.15) is 0 Å². The van der Waals surface area contributed by atoms with Gasteiger partial charge in [0.05, 0.1) is 23.6 Å². The lowest BCUT2D eigenvalue weighted by Gasteiger charge is -2.04. The third kappa shape index (κ3) is 2.70. The van der Waals surface area contributed by atoms with Crippen molar-refractivity contribution in [2.24, 2.45) is 0 Å². The van der Waals surface area contributed by atoms with Crippen LogP contribution in [0.5, 0.6) is 0 Å². The monoisotopic (exact) mass is 258 g/mol. The van der Waals surface area contributed by atoms with Gasteiger partial charge in [-0.15, -0.1) is 0 Å². The van der Waals surface area contributed by atoms with Gasteiger partial charge < -0.3 is 20.6 Å². The maximum Gasteiger partial charge on any atom is 0.274 e. The van der Waals surface area contributed by atoms with Gasteiger partial charge in [-0.25, -0.2) is 0 Å². The highest BCUT2D eigenvalue weighted by atomic mass is 16.1. The first kappa shape index (κ1) is 13.0. The highest BCUT2D eigenvalue weighted by molar-refractivity contribution is 5.64. The highest BCUT2D eigenvalue weighted by Crippen LogP contribution is 2.18. The average molecular weight is 258 g/mol. The van der Waals surface area contributed by atoms with E-state index in [9.17, 15) is 4.79 Å². The molecule has 0 unspecified atom stereocenters. The van der Waals surface area contributed by atoms with E-state index in [2.05, 4.69) is 10.3 Å². The van der Waals surface area contributed by atoms with E-state index in [1.807, 2.05) is 32.2 Å². The summed E-state index contributed by atoms with van der Waals surface area (Å²) in [5, 5.41) is 3.12. The van der Waals surface area contributed by atoms with E-state index in [-0.39, 0.29) is 11.2 Å². The quantitative estimate of drug-likeness (QED) is 0.783. The van der Waals surface area contributed by atoms with Crippen molar-refractivity contribution < 1.29 is 0 Å². The predicted molar refractivity (Wildman–Crippen MR) is 79.3 cm³/mol. The number of aromatic nitrogens is 2. The molecule has 0 amide bonds. The van der Waals surface area contributed by atoms with E-state index < -0.39 is 0 Å². The minimum atomic E-state index is -0.171. The topological polar surface area (TPSA) is 75.8 Å². The Morgan fingerprint density at radius 2 is 2.32 bits per heavy atom. The molecule has 0 bridgehead atoms. The van der Waals surface area contributed by atoms with Crippen molar-refractivity contribution in [3.8, 4) is 0 Å². The Bertz CT molecular complexity index is 652. The lowest BCUT2D eigenvalue weighted by Crippen LogP contribution is -2.22. The van der Waals surface area contributed by atoms with Crippen molar-refractivity contribution >= 4 is 17.5 Å². The molecular weight excluding hydrogens is 240 g/mol. The molecule has 0 aliphatic rings. The van der Waals surface area contributed by atoms with E-state index in [4.69, 9.17) is 5.73 Å². The second-order valence-electron chi connectivity index (χ2n) is 4.27. The number of allylic oxidation sites excluding steroid dienone is 1. The SMILES string of the molecule is C/C=C\c1[nH]c(Cn2cccc(N)c2=O)cc1NC. The molecule has 0 radical (unpaired) electrons. The van der Waals surface area contributed by atoms with Crippen LogP contribution in [0, 0.1) is 0 Å². The first-order valence-electron chi connectivity index (χ1n) is 6.13. The van der Waals surface area contributed by atoms with Crippen molar-refractivity contribution in [2.45, 2.75) is 13.5 Å². The van der Waals surface area contributed by atoms with Gasteiger partial charge in [0.2, 0.25) is 0 Å². The number of aromatic amines is 1. The first-order valence-corrected chi connectivity index (χ1v) is 6.13. The Hall–Kier alpha value is -2.43. The summed E-state index contributed by atoms with van der Waals surface area (Å²) in [6.45, 7) is 2.43. The average Bonchev–Trinajstić information content (AvgIpc) is 2.77. The van der Waals surface area contributed by atoms with Crippen LogP contribution in [-0.2, 0) is 6.54 Å². The third-order valence-electron chi connectivity index (χ3n) is 2.90. The number of H-pyrrole nitrogens is 1. The van der Waals surface area contributed by atoms with E-state index in [1.54, 1.807) is 22.9 Å². The smallest absolute Gasteiger partial charge is 0.274 e. The van der Waals surface area contributed by atoms with Gasteiger partial charge >= 0.3 is 0 Å². The molecule has 5 heteroatoms. The van der Waals surface area contributed by atoms with Crippen molar-refractivity contribution in [1.29, 1.82) is 0 Å². The molecular formula is C14H18N4O. The van der Waals surface area contributed by atoms with Gasteiger partial charge in [-0.1, -0.05) is 6.08 Å². The summed E-state index contributed by atoms with van der Waals surface area (Å²) in [4.78, 5) is 15.1. The summed E-state index contributed by atoms with van der Waals surface area (Å²) < 4.78 is 1.58. The summed E-state index contributed by atoms with van der Waals surface area (Å²) in [6, 6.07) is 5.37. The van der Waals surface area contributed by atoms with Crippen molar-refractivity contribution in [3.05, 3.63) is 52.2 Å². The molecule has 0 fully saturated rings. The zero-order valence-corrected chi connectivity index (χ0v) is 11.1. The molecule has 0 aliphatic heterocycles. The molecule has 0 aromatic carbocycles. The number of hydrogen-bond acceptors (Lipinski definition) is 3. The van der Waals surface area contributed by atoms with Gasteiger partial charge in [0, 0.05) is 18.9 Å². The molecule has 2 rings (SSSR count). The largest absolute Gasteiger partial charge is 0.394 e. The number of anilines is 2. The van der Waals surface area contributed by atoms with E-state index in [0.717, 1.165) is 17.1 Å². The molecule has 2 heterocycles. The van der Waals surface area contributed by atoms with Gasteiger partial charge in [-0.3, -0.25) is 4.79 Å². The van der Waals surface area contributed by atoms with Gasteiger partial charge in [0.15, 0.2) is 0 Å². The molecule has 0 aliphatic carbocycles. The van der Waals surface area contributed by atoms with Crippen LogP contribution >= 0.6 is 0 Å². The molecule has 0 saturated carbocycles. The minimum absolute atomic E-state index is 0.171. The number of hydrogen-bond donors (Lipinski definition) is 3. The predicted octanol–water partition coefficient (Wildman–Crippen LogP) is 1.88. The number of nitrogen functional groups attached to an aromatic ring is 1. The molecule has 5 nitrogen and oxygen atoms in total. The number of nitrogens with two attached hydrogens (primary N) is 1. The number of pyridine rings is 1. The Morgan fingerprint density at radius 3 is 3.00 bits per heavy atom. The van der Waals surface area contributed by atoms with Crippen LogP contribution < -0.4 is 16.6 Å². The van der Waals surface area contributed by atoms with Crippen LogP contribution in [0.2, 0.25) is 0 Å². The van der Waals surface area contributed by atoms with Gasteiger partial charge in [-0.05, 0) is 31.2 Å². The molecule has 0 atom stereocenters. The zero-order valence-electron chi connectivity index (χ0n) is 11.1. The lowest BCUT2D eigenvalue weighted by molar-refractivity contribution is 0.746. The van der Waals surface area contributed by atoms with Crippen LogP contribution in [0.4, 0.5) is 11.4 Å². The first-order chi connectivity index (χ1) is 9.15. The molecule has 0 spiro atoms. The summed E-state index contributed by atoms with van der Waals surface area (Å²) in [5.41, 5.74) is 8.66. The van der Waals surface area contributed by atoms with Crippen LogP contribution in [0.1, 0.15) is 18.3 Å². The Labute approximate surface area is 111 Å². The summed E-state index contributed by atoms with van der Waals surface area (Å²) >= 11 is 0. The maximum atomic E-state index is 11.9. The summed E-state index contributed by atoms with van der Waals surface area (Å²) in [5.74, 6) is 0. The van der Waals surface area contributed by atoms with Gasteiger partial charge in [-0.2, -0.15) is 0 Å². The van der Waals surface area contributed by atoms with Crippen molar-refractivity contribution in [1.82, 2.24) is 9.55 Å². The second kappa shape index (κ2) is 5.48. The fraction of sp³-hybridized carbons (Fsp3) is 0.214. The number of rotatable bonds is 4. The molecule has 0 saturated heterocycles. The maximum absolute atomic E-state index is 11.9. The number of nitrogens with zero attached hydrogens (tertiary/aromatic N) is 1. The normalized spacial score (nSPS) is 11.1. The highest BCUT2D eigenvalue weighted by Gasteiger charge is 2.06. The molecule has 2 aromatic rings. The summed E-state index contributed by atoms with van der Waals surface area (Å²) in [6.07, 6.45) is 5.68. The van der Waals surface area contributed by atoms with Crippen LogP contribution in [0.25, 0.3) is 6.08 Å². The van der Waals surface area contributed by atoms with E-state index in [0.29, 0.717) is 6.54 Å². The third-order valence-corrected chi connectivity index (χ3v) is 2.90. The van der Waals surface area contributed by atoms with E-state index in [1.165, 1.54) is 0 Å². The van der Waals surface area contributed by atoms with Crippen LogP contribution in [-0.4, -0.2) is 16.6 Å². The Kier molecular flexibility index (Phi) is 3.75. The fourth-order valence-corrected chi connectivity index (χ4v) is 1.98. The molecule has 19 heavy (non-hydrogen) atoms. The molecule has 2 aromatic heterocycles. The summed E-state index contributed by atoms with van der Waals surface area (Å²) in [7, 11) is 1.87. The Morgan fingerprint density at radius 1 is 1.53 bits per heavy atom. The van der Waals surface area contributed by atoms with E-state index >= 15 is 0 Å². The lowest BCUT2D eigenvalue weighted by atomic mass is 10.3. The minimum Gasteiger partial charge on any atom is -0.394 e. The molecule has 4 N–H and O–H groups in total.